The van der Waals surface area contributed by atoms with Crippen LogP contribution in [0, 0.1) is 6.92 Å². The monoisotopic (exact) mass is 369 g/mol. The fraction of sp³-hybridized carbons (Fsp3) is 0.312. The van der Waals surface area contributed by atoms with Gasteiger partial charge in [0.2, 0.25) is 5.91 Å². The predicted octanol–water partition coefficient (Wildman–Crippen LogP) is 3.14. The van der Waals surface area contributed by atoms with Crippen LogP contribution < -0.4 is 14.9 Å². The van der Waals surface area contributed by atoms with Crippen LogP contribution in [-0.2, 0) is 11.2 Å². The Hall–Kier alpha value is -2.55. The molecule has 2 aromatic rings. The van der Waals surface area contributed by atoms with Gasteiger partial charge in [-0.1, -0.05) is 0 Å². The van der Waals surface area contributed by atoms with Crippen molar-refractivity contribution >= 4 is 23.5 Å². The molecule has 6 nitrogen and oxygen atoms in total. The summed E-state index contributed by atoms with van der Waals surface area (Å²) in [6.45, 7) is 0.950. The number of aryl methyl sites for hydroxylation is 1. The van der Waals surface area contributed by atoms with Gasteiger partial charge in [-0.2, -0.15) is 13.9 Å². The smallest absolute Gasteiger partial charge is 0.387 e. The number of benzene rings is 1. The number of rotatable bonds is 8. The molecule has 0 saturated carbocycles. The summed E-state index contributed by atoms with van der Waals surface area (Å²) in [4.78, 5) is 16.0. The van der Waals surface area contributed by atoms with Crippen molar-refractivity contribution in [3.8, 4) is 11.5 Å². The number of hydrogen-bond donors (Lipinski definition) is 1. The van der Waals surface area contributed by atoms with Crippen molar-refractivity contribution in [2.24, 2.45) is 5.10 Å². The third kappa shape index (κ3) is 6.11. The van der Waals surface area contributed by atoms with Gasteiger partial charge in [-0.3, -0.25) is 4.79 Å². The van der Waals surface area contributed by atoms with Crippen molar-refractivity contribution in [3.05, 3.63) is 39.8 Å². The van der Waals surface area contributed by atoms with E-state index in [0.29, 0.717) is 17.9 Å². The summed E-state index contributed by atoms with van der Waals surface area (Å²) in [5.41, 5.74) is 3.64. The fourth-order valence-corrected chi connectivity index (χ4v) is 2.55. The van der Waals surface area contributed by atoms with E-state index in [1.54, 1.807) is 6.92 Å². The maximum absolute atomic E-state index is 12.4. The highest BCUT2D eigenvalue weighted by molar-refractivity contribution is 7.09. The Morgan fingerprint density at radius 2 is 2.24 bits per heavy atom. The molecule has 1 aromatic carbocycles. The summed E-state index contributed by atoms with van der Waals surface area (Å²) in [5, 5.41) is 6.55. The molecular weight excluding hydrogens is 352 g/mol. The fourth-order valence-electron chi connectivity index (χ4n) is 1.94. The molecule has 0 aliphatic carbocycles. The summed E-state index contributed by atoms with van der Waals surface area (Å²) >= 11 is 1.47. The number of halogens is 2. The molecular formula is C16H17F2N3O3S. The largest absolute Gasteiger partial charge is 0.490 e. The summed E-state index contributed by atoms with van der Waals surface area (Å²) in [5.74, 6) is -0.183. The quantitative estimate of drug-likeness (QED) is 0.573. The molecule has 0 aliphatic rings. The third-order valence-corrected chi connectivity index (χ3v) is 3.72. The van der Waals surface area contributed by atoms with E-state index in [4.69, 9.17) is 4.74 Å². The zero-order valence-corrected chi connectivity index (χ0v) is 14.5. The van der Waals surface area contributed by atoms with E-state index >= 15 is 0 Å². The van der Waals surface area contributed by atoms with Crippen molar-refractivity contribution in [1.29, 1.82) is 0 Å². The van der Waals surface area contributed by atoms with Gasteiger partial charge < -0.3 is 9.47 Å². The van der Waals surface area contributed by atoms with Crippen molar-refractivity contribution in [2.45, 2.75) is 26.9 Å². The highest BCUT2D eigenvalue weighted by atomic mass is 32.1. The van der Waals surface area contributed by atoms with Crippen molar-refractivity contribution in [2.75, 3.05) is 6.61 Å². The number of ether oxygens (including phenoxy) is 2. The molecule has 0 fully saturated rings. The Bertz CT molecular complexity index is 750. The van der Waals surface area contributed by atoms with Crippen LogP contribution in [0.25, 0.3) is 0 Å². The van der Waals surface area contributed by atoms with Gasteiger partial charge in [0.1, 0.15) is 0 Å². The highest BCUT2D eigenvalue weighted by Crippen LogP contribution is 2.29. The number of carbonyl (C=O) groups excluding carboxylic acids is 1. The molecule has 0 spiro atoms. The van der Waals surface area contributed by atoms with Crippen LogP contribution >= 0.6 is 11.3 Å². The molecule has 1 heterocycles. The lowest BCUT2D eigenvalue weighted by Crippen LogP contribution is -2.19. The summed E-state index contributed by atoms with van der Waals surface area (Å²) < 4.78 is 34.4. The lowest BCUT2D eigenvalue weighted by molar-refractivity contribution is -0.120. The Balaban J connectivity index is 1.97. The standard InChI is InChI=1S/C16H17F2N3O3S/c1-3-23-14-6-11(4-5-13(14)24-16(17)18)8-19-21-15(22)7-12-9-25-10(2)20-12/h4-6,8-9,16H,3,7H2,1-2H3,(H,21,22)/b19-8-. The molecule has 134 valence electrons. The Morgan fingerprint density at radius 1 is 1.44 bits per heavy atom. The summed E-state index contributed by atoms with van der Waals surface area (Å²) in [7, 11) is 0. The second-order valence-electron chi connectivity index (χ2n) is 4.85. The number of thiazole rings is 1. The zero-order valence-electron chi connectivity index (χ0n) is 13.7. The van der Waals surface area contributed by atoms with Crippen molar-refractivity contribution in [1.82, 2.24) is 10.4 Å². The van der Waals surface area contributed by atoms with Crippen molar-refractivity contribution < 1.29 is 23.0 Å². The van der Waals surface area contributed by atoms with Crippen LogP contribution in [0.15, 0.2) is 28.7 Å². The van der Waals surface area contributed by atoms with E-state index < -0.39 is 6.61 Å². The van der Waals surface area contributed by atoms with Crippen LogP contribution in [0.2, 0.25) is 0 Å². The van der Waals surface area contributed by atoms with Crippen molar-refractivity contribution in [3.63, 3.8) is 0 Å². The topological polar surface area (TPSA) is 72.8 Å². The highest BCUT2D eigenvalue weighted by Gasteiger charge is 2.11. The Morgan fingerprint density at radius 3 is 2.88 bits per heavy atom. The Labute approximate surface area is 147 Å². The van der Waals surface area contributed by atoms with Gasteiger partial charge in [0.25, 0.3) is 0 Å². The minimum atomic E-state index is -2.94. The van der Waals surface area contributed by atoms with Crippen LogP contribution in [0.4, 0.5) is 8.78 Å². The minimum Gasteiger partial charge on any atom is -0.490 e. The molecule has 0 bridgehead atoms. The van der Waals surface area contributed by atoms with Gasteiger partial charge in [0.05, 0.1) is 29.9 Å². The summed E-state index contributed by atoms with van der Waals surface area (Å²) in [6.07, 6.45) is 1.52. The third-order valence-electron chi connectivity index (χ3n) is 2.89. The number of aromatic nitrogens is 1. The number of alkyl halides is 2. The van der Waals surface area contributed by atoms with Crippen LogP contribution in [0.3, 0.4) is 0 Å². The zero-order chi connectivity index (χ0) is 18.2. The number of hydrazone groups is 1. The molecule has 0 unspecified atom stereocenters. The lowest BCUT2D eigenvalue weighted by atomic mass is 10.2. The number of nitrogens with zero attached hydrogens (tertiary/aromatic N) is 2. The van der Waals surface area contributed by atoms with Crippen LogP contribution in [0.5, 0.6) is 11.5 Å². The van der Waals surface area contributed by atoms with Gasteiger partial charge in [0, 0.05) is 5.38 Å². The van der Waals surface area contributed by atoms with Gasteiger partial charge in [-0.05, 0) is 37.6 Å². The molecule has 25 heavy (non-hydrogen) atoms. The molecule has 0 atom stereocenters. The van der Waals surface area contributed by atoms with Gasteiger partial charge >= 0.3 is 6.61 Å². The normalized spacial score (nSPS) is 11.1. The molecule has 0 saturated heterocycles. The average Bonchev–Trinajstić information content (AvgIpc) is 2.94. The van der Waals surface area contributed by atoms with E-state index in [9.17, 15) is 13.6 Å². The summed E-state index contributed by atoms with van der Waals surface area (Å²) in [6, 6.07) is 4.39. The van der Waals surface area contributed by atoms with Crippen LogP contribution in [0.1, 0.15) is 23.2 Å². The molecule has 1 aromatic heterocycles. The van der Waals surface area contributed by atoms with E-state index in [0.717, 1.165) is 5.01 Å². The predicted molar refractivity (Wildman–Crippen MR) is 90.5 cm³/mol. The number of amides is 1. The number of carbonyl (C=O) groups is 1. The maximum Gasteiger partial charge on any atom is 0.387 e. The first-order valence-electron chi connectivity index (χ1n) is 7.42. The molecule has 1 N–H and O–H groups in total. The number of nitrogens with one attached hydrogen (secondary N) is 1. The van der Waals surface area contributed by atoms with Gasteiger partial charge in [-0.15, -0.1) is 11.3 Å². The first-order chi connectivity index (χ1) is 12.0. The molecule has 0 aliphatic heterocycles. The number of hydrogen-bond acceptors (Lipinski definition) is 6. The van der Waals surface area contributed by atoms with Crippen LogP contribution in [-0.4, -0.2) is 30.3 Å². The average molecular weight is 369 g/mol. The van der Waals surface area contributed by atoms with Gasteiger partial charge in [0.15, 0.2) is 11.5 Å². The Kier molecular flexibility index (Phi) is 6.81. The second kappa shape index (κ2) is 9.07. The second-order valence-corrected chi connectivity index (χ2v) is 5.91. The molecule has 0 radical (unpaired) electrons. The van der Waals surface area contributed by atoms with E-state index in [2.05, 4.69) is 20.2 Å². The van der Waals surface area contributed by atoms with E-state index in [-0.39, 0.29) is 23.8 Å². The first-order valence-corrected chi connectivity index (χ1v) is 8.30. The minimum absolute atomic E-state index is 0.0584. The van der Waals surface area contributed by atoms with E-state index in [1.807, 2.05) is 12.3 Å². The SMILES string of the molecule is CCOc1cc(/C=N\NC(=O)Cc2csc(C)n2)ccc1OC(F)F. The maximum atomic E-state index is 12.4. The first kappa shape index (κ1) is 18.8. The molecule has 1 amide bonds. The molecule has 2 rings (SSSR count). The lowest BCUT2D eigenvalue weighted by Gasteiger charge is -2.11. The van der Waals surface area contributed by atoms with E-state index in [1.165, 1.54) is 35.8 Å². The van der Waals surface area contributed by atoms with Gasteiger partial charge in [-0.25, -0.2) is 10.4 Å². The molecule has 9 heteroatoms.